The van der Waals surface area contributed by atoms with E-state index >= 15 is 0 Å². The van der Waals surface area contributed by atoms with Crippen molar-refractivity contribution in [3.63, 3.8) is 0 Å². The van der Waals surface area contributed by atoms with Crippen molar-refractivity contribution in [1.29, 1.82) is 0 Å². The summed E-state index contributed by atoms with van der Waals surface area (Å²) in [4.78, 5) is 15.9. The standard InChI is InChI=1S/C13H15BrF2N2O/c14-4-5-17-6-8-18(9-7-17)13(19)10-2-1-3-11(15)12(10)16/h1-3H,4-9H2. The molecule has 0 unspecified atom stereocenters. The van der Waals surface area contributed by atoms with E-state index in [1.54, 1.807) is 4.90 Å². The van der Waals surface area contributed by atoms with Crippen LogP contribution in [-0.2, 0) is 0 Å². The van der Waals surface area contributed by atoms with Crippen LogP contribution in [0.2, 0.25) is 0 Å². The van der Waals surface area contributed by atoms with Gasteiger partial charge in [-0.2, -0.15) is 0 Å². The number of hydrogen-bond acceptors (Lipinski definition) is 2. The number of carbonyl (C=O) groups is 1. The highest BCUT2D eigenvalue weighted by atomic mass is 79.9. The molecule has 0 aliphatic carbocycles. The number of amides is 1. The second-order valence-corrected chi connectivity index (χ2v) is 5.22. The minimum absolute atomic E-state index is 0.186. The molecule has 0 saturated carbocycles. The van der Waals surface area contributed by atoms with Gasteiger partial charge >= 0.3 is 0 Å². The van der Waals surface area contributed by atoms with Gasteiger partial charge in [0.15, 0.2) is 11.6 Å². The van der Waals surface area contributed by atoms with E-state index in [2.05, 4.69) is 20.8 Å². The minimum atomic E-state index is -1.06. The molecule has 1 fully saturated rings. The fourth-order valence-corrected chi connectivity index (χ4v) is 2.63. The molecule has 0 spiro atoms. The molecule has 1 heterocycles. The molecule has 2 rings (SSSR count). The molecule has 0 aromatic heterocycles. The summed E-state index contributed by atoms with van der Waals surface area (Å²) in [5, 5.41) is 0.888. The Balaban J connectivity index is 2.03. The molecular formula is C13H15BrF2N2O. The van der Waals surface area contributed by atoms with Crippen molar-refractivity contribution < 1.29 is 13.6 Å². The number of rotatable bonds is 3. The predicted molar refractivity (Wildman–Crippen MR) is 72.5 cm³/mol. The summed E-state index contributed by atoms with van der Waals surface area (Å²) >= 11 is 3.37. The molecule has 1 amide bonds. The number of nitrogens with zero attached hydrogens (tertiary/aromatic N) is 2. The average molecular weight is 333 g/mol. The van der Waals surface area contributed by atoms with Gasteiger partial charge < -0.3 is 4.90 Å². The lowest BCUT2D eigenvalue weighted by Gasteiger charge is -2.34. The van der Waals surface area contributed by atoms with Crippen molar-refractivity contribution in [3.05, 3.63) is 35.4 Å². The molecule has 1 aliphatic heterocycles. The van der Waals surface area contributed by atoms with Crippen LogP contribution in [0.25, 0.3) is 0 Å². The van der Waals surface area contributed by atoms with Gasteiger partial charge in [-0.25, -0.2) is 8.78 Å². The zero-order valence-corrected chi connectivity index (χ0v) is 12.0. The first kappa shape index (κ1) is 14.4. The smallest absolute Gasteiger partial charge is 0.257 e. The Kier molecular flexibility index (Phi) is 4.87. The Morgan fingerprint density at radius 1 is 1.21 bits per heavy atom. The van der Waals surface area contributed by atoms with Crippen LogP contribution in [0.4, 0.5) is 8.78 Å². The minimum Gasteiger partial charge on any atom is -0.336 e. The maximum Gasteiger partial charge on any atom is 0.257 e. The molecule has 19 heavy (non-hydrogen) atoms. The summed E-state index contributed by atoms with van der Waals surface area (Å²) in [7, 11) is 0. The van der Waals surface area contributed by atoms with Crippen LogP contribution in [0.15, 0.2) is 18.2 Å². The van der Waals surface area contributed by atoms with Gasteiger partial charge in [0, 0.05) is 38.1 Å². The number of piperazine rings is 1. The zero-order valence-electron chi connectivity index (χ0n) is 10.4. The van der Waals surface area contributed by atoms with Crippen LogP contribution in [0, 0.1) is 11.6 Å². The third-order valence-corrected chi connectivity index (χ3v) is 3.60. The Bertz CT molecular complexity index is 462. The van der Waals surface area contributed by atoms with Gasteiger partial charge in [-0.15, -0.1) is 0 Å². The quantitative estimate of drug-likeness (QED) is 0.791. The van der Waals surface area contributed by atoms with Crippen molar-refractivity contribution in [2.45, 2.75) is 0 Å². The monoisotopic (exact) mass is 332 g/mol. The van der Waals surface area contributed by atoms with E-state index in [1.165, 1.54) is 12.1 Å². The van der Waals surface area contributed by atoms with E-state index in [9.17, 15) is 13.6 Å². The fraction of sp³-hybridized carbons (Fsp3) is 0.462. The first-order valence-corrected chi connectivity index (χ1v) is 7.27. The first-order valence-electron chi connectivity index (χ1n) is 6.15. The van der Waals surface area contributed by atoms with E-state index in [-0.39, 0.29) is 5.56 Å². The average Bonchev–Trinajstić information content (AvgIpc) is 2.42. The van der Waals surface area contributed by atoms with E-state index in [1.807, 2.05) is 0 Å². The second kappa shape index (κ2) is 6.43. The fourth-order valence-electron chi connectivity index (χ4n) is 2.13. The van der Waals surface area contributed by atoms with Crippen LogP contribution in [0.3, 0.4) is 0 Å². The Morgan fingerprint density at radius 3 is 2.53 bits per heavy atom. The number of hydrogen-bond donors (Lipinski definition) is 0. The van der Waals surface area contributed by atoms with Crippen LogP contribution in [-0.4, -0.2) is 53.8 Å². The molecule has 1 aromatic carbocycles. The van der Waals surface area contributed by atoms with Gasteiger partial charge in [0.2, 0.25) is 0 Å². The SMILES string of the molecule is O=C(c1cccc(F)c1F)N1CCN(CCBr)CC1. The highest BCUT2D eigenvalue weighted by Crippen LogP contribution is 2.15. The first-order chi connectivity index (χ1) is 9.13. The van der Waals surface area contributed by atoms with Crippen molar-refractivity contribution >= 4 is 21.8 Å². The molecule has 0 radical (unpaired) electrons. The van der Waals surface area contributed by atoms with Crippen molar-refractivity contribution in [2.75, 3.05) is 38.1 Å². The van der Waals surface area contributed by atoms with Crippen LogP contribution >= 0.6 is 15.9 Å². The molecule has 1 saturated heterocycles. The molecule has 104 valence electrons. The lowest BCUT2D eigenvalue weighted by molar-refractivity contribution is 0.0639. The van der Waals surface area contributed by atoms with Crippen molar-refractivity contribution in [1.82, 2.24) is 9.80 Å². The summed E-state index contributed by atoms with van der Waals surface area (Å²) in [6, 6.07) is 3.69. The highest BCUT2D eigenvalue weighted by Gasteiger charge is 2.24. The third kappa shape index (κ3) is 3.30. The molecule has 6 heteroatoms. The van der Waals surface area contributed by atoms with Gasteiger partial charge in [-0.3, -0.25) is 9.69 Å². The molecule has 1 aromatic rings. The zero-order chi connectivity index (χ0) is 13.8. The van der Waals surface area contributed by atoms with Crippen molar-refractivity contribution in [3.8, 4) is 0 Å². The summed E-state index contributed by atoms with van der Waals surface area (Å²) < 4.78 is 26.7. The largest absolute Gasteiger partial charge is 0.336 e. The van der Waals surface area contributed by atoms with E-state index in [4.69, 9.17) is 0 Å². The number of alkyl halides is 1. The molecule has 1 aliphatic rings. The highest BCUT2D eigenvalue weighted by molar-refractivity contribution is 9.09. The molecule has 0 atom stereocenters. The molecule has 0 bridgehead atoms. The number of halogens is 3. The Labute approximate surface area is 119 Å². The van der Waals surface area contributed by atoms with Gasteiger partial charge in [0.25, 0.3) is 5.91 Å². The lowest BCUT2D eigenvalue weighted by atomic mass is 10.1. The molecular weight excluding hydrogens is 318 g/mol. The summed E-state index contributed by atoms with van der Waals surface area (Å²) in [5.41, 5.74) is -0.186. The van der Waals surface area contributed by atoms with E-state index in [0.29, 0.717) is 13.1 Å². The lowest BCUT2D eigenvalue weighted by Crippen LogP contribution is -2.49. The topological polar surface area (TPSA) is 23.6 Å². The van der Waals surface area contributed by atoms with Crippen molar-refractivity contribution in [2.24, 2.45) is 0 Å². The Hall–Kier alpha value is -1.01. The van der Waals surface area contributed by atoms with E-state index in [0.717, 1.165) is 31.0 Å². The van der Waals surface area contributed by atoms with Gasteiger partial charge in [0.1, 0.15) is 0 Å². The van der Waals surface area contributed by atoms with Crippen LogP contribution in [0.5, 0.6) is 0 Å². The number of benzene rings is 1. The van der Waals surface area contributed by atoms with Crippen LogP contribution < -0.4 is 0 Å². The maximum atomic E-state index is 13.6. The van der Waals surface area contributed by atoms with E-state index < -0.39 is 17.5 Å². The van der Waals surface area contributed by atoms with Gasteiger partial charge in [0.05, 0.1) is 5.56 Å². The second-order valence-electron chi connectivity index (χ2n) is 4.42. The summed E-state index contributed by atoms with van der Waals surface area (Å²) in [6.07, 6.45) is 0. The predicted octanol–water partition coefficient (Wildman–Crippen LogP) is 2.12. The maximum absolute atomic E-state index is 13.6. The normalized spacial score (nSPS) is 16.7. The molecule has 3 nitrogen and oxygen atoms in total. The summed E-state index contributed by atoms with van der Waals surface area (Å²) in [6.45, 7) is 3.53. The van der Waals surface area contributed by atoms with Gasteiger partial charge in [-0.1, -0.05) is 22.0 Å². The molecule has 0 N–H and O–H groups in total. The third-order valence-electron chi connectivity index (χ3n) is 3.24. The summed E-state index contributed by atoms with van der Waals surface area (Å²) in [5.74, 6) is -2.48. The Morgan fingerprint density at radius 2 is 1.89 bits per heavy atom. The number of carbonyl (C=O) groups excluding carboxylic acids is 1. The van der Waals surface area contributed by atoms with Crippen LogP contribution in [0.1, 0.15) is 10.4 Å². The van der Waals surface area contributed by atoms with Gasteiger partial charge in [-0.05, 0) is 12.1 Å².